The predicted molar refractivity (Wildman–Crippen MR) is 40.1 cm³/mol. The van der Waals surface area contributed by atoms with Crippen molar-refractivity contribution < 1.29 is 5.48 Å². The number of nitriles is 1. The summed E-state index contributed by atoms with van der Waals surface area (Å²) in [7, 11) is 0. The van der Waals surface area contributed by atoms with Crippen molar-refractivity contribution in [3.05, 3.63) is 0 Å². The summed E-state index contributed by atoms with van der Waals surface area (Å²) in [5.74, 6) is 0. The highest BCUT2D eigenvalue weighted by Gasteiger charge is 1.68. The van der Waals surface area contributed by atoms with Crippen molar-refractivity contribution in [2.45, 2.75) is 40.0 Å². The molecule has 0 aliphatic rings. The van der Waals surface area contributed by atoms with Crippen molar-refractivity contribution in [1.82, 2.24) is 0 Å². The monoisotopic (exact) mass is 131 g/mol. The largest absolute Gasteiger partial charge is 0.412 e. The van der Waals surface area contributed by atoms with E-state index in [1.54, 1.807) is 6.07 Å². The summed E-state index contributed by atoms with van der Waals surface area (Å²) in [6.45, 7) is 5.85. The molecule has 0 bridgehead atoms. The molecule has 0 unspecified atom stereocenters. The summed E-state index contributed by atoms with van der Waals surface area (Å²) < 4.78 is 0. The van der Waals surface area contributed by atoms with Crippen LogP contribution in [0.15, 0.2) is 0 Å². The molecule has 0 amide bonds. The van der Waals surface area contributed by atoms with Gasteiger partial charge < -0.3 is 5.48 Å². The third-order valence-corrected chi connectivity index (χ3v) is 0.707. The molecular weight excluding hydrogens is 114 g/mol. The van der Waals surface area contributed by atoms with Gasteiger partial charge in [0.1, 0.15) is 0 Å². The second kappa shape index (κ2) is 26.0. The van der Waals surface area contributed by atoms with Gasteiger partial charge in [-0.15, -0.1) is 0 Å². The Morgan fingerprint density at radius 1 is 1.22 bits per heavy atom. The van der Waals surface area contributed by atoms with Gasteiger partial charge in [-0.05, 0) is 0 Å². The fourth-order valence-corrected chi connectivity index (χ4v) is 0.354. The van der Waals surface area contributed by atoms with Crippen molar-refractivity contribution in [3.8, 4) is 6.07 Å². The molecule has 0 aliphatic carbocycles. The van der Waals surface area contributed by atoms with E-state index in [9.17, 15) is 0 Å². The Morgan fingerprint density at radius 2 is 1.44 bits per heavy atom. The molecule has 0 radical (unpaired) electrons. The van der Waals surface area contributed by atoms with E-state index in [2.05, 4.69) is 13.8 Å². The van der Waals surface area contributed by atoms with Crippen LogP contribution in [0.2, 0.25) is 0 Å². The molecule has 0 rings (SSSR count). The fraction of sp³-hybridized carbons (Fsp3) is 0.857. The van der Waals surface area contributed by atoms with Gasteiger partial charge >= 0.3 is 0 Å². The Balaban J connectivity index is -0.0000000800. The van der Waals surface area contributed by atoms with Crippen LogP contribution in [0, 0.1) is 11.3 Å². The average Bonchev–Trinajstić information content (AvgIpc) is 1.71. The molecule has 0 aromatic carbocycles. The van der Waals surface area contributed by atoms with E-state index in [0.717, 1.165) is 0 Å². The van der Waals surface area contributed by atoms with Crippen LogP contribution in [0.5, 0.6) is 0 Å². The maximum absolute atomic E-state index is 7.32. The lowest BCUT2D eigenvalue weighted by Gasteiger charge is -1.79. The van der Waals surface area contributed by atoms with Crippen LogP contribution in [0.25, 0.3) is 0 Å². The lowest BCUT2D eigenvalue weighted by molar-refractivity contribution is 0.772. The van der Waals surface area contributed by atoms with Gasteiger partial charge in [-0.1, -0.05) is 33.1 Å². The van der Waals surface area contributed by atoms with Crippen molar-refractivity contribution in [2.75, 3.05) is 0 Å². The van der Waals surface area contributed by atoms with E-state index in [1.165, 1.54) is 26.2 Å². The van der Waals surface area contributed by atoms with E-state index in [4.69, 9.17) is 5.26 Å². The molecule has 0 saturated carbocycles. The quantitative estimate of drug-likeness (QED) is 0.564. The molecule has 9 heavy (non-hydrogen) atoms. The van der Waals surface area contributed by atoms with E-state index in [-0.39, 0.29) is 5.48 Å². The van der Waals surface area contributed by atoms with Crippen LogP contribution in [-0.2, 0) is 0 Å². The van der Waals surface area contributed by atoms with Crippen LogP contribution in [-0.4, -0.2) is 5.48 Å². The molecule has 2 nitrogen and oxygen atoms in total. The average molecular weight is 131 g/mol. The van der Waals surface area contributed by atoms with Gasteiger partial charge in [0.2, 0.25) is 0 Å². The van der Waals surface area contributed by atoms with Gasteiger partial charge in [0, 0.05) is 6.92 Å². The summed E-state index contributed by atoms with van der Waals surface area (Å²) in [5, 5.41) is 7.32. The van der Waals surface area contributed by atoms with Gasteiger partial charge in [-0.2, -0.15) is 5.26 Å². The second-order valence-electron chi connectivity index (χ2n) is 1.58. The second-order valence-corrected chi connectivity index (χ2v) is 1.58. The SMILES string of the molecule is CC#N.CCCCC.O. The Morgan fingerprint density at radius 3 is 1.44 bits per heavy atom. The molecular formula is C7H17NO. The molecule has 56 valence electrons. The van der Waals surface area contributed by atoms with E-state index in [0.29, 0.717) is 0 Å². The van der Waals surface area contributed by atoms with Crippen LogP contribution >= 0.6 is 0 Å². The lowest BCUT2D eigenvalue weighted by Crippen LogP contribution is -1.59. The van der Waals surface area contributed by atoms with E-state index in [1.807, 2.05) is 0 Å². The van der Waals surface area contributed by atoms with Gasteiger partial charge in [-0.3, -0.25) is 0 Å². The Bertz CT molecular complexity index is 54.4. The molecule has 0 atom stereocenters. The smallest absolute Gasteiger partial charge is 0.0587 e. The molecule has 0 aromatic rings. The summed E-state index contributed by atoms with van der Waals surface area (Å²) in [6, 6.07) is 1.75. The molecule has 0 heterocycles. The number of unbranched alkanes of at least 4 members (excludes halogenated alkanes) is 2. The molecule has 2 N–H and O–H groups in total. The summed E-state index contributed by atoms with van der Waals surface area (Å²) in [5.41, 5.74) is 0. The molecule has 0 spiro atoms. The highest BCUT2D eigenvalue weighted by molar-refractivity contribution is 4.51. The molecule has 2 heteroatoms. The van der Waals surface area contributed by atoms with Crippen molar-refractivity contribution >= 4 is 0 Å². The Labute approximate surface area is 57.8 Å². The first-order chi connectivity index (χ1) is 3.83. The molecule has 0 aromatic heterocycles. The standard InChI is InChI=1S/C5H12.C2H3N.H2O/c1-3-5-4-2;1-2-3;/h3-5H2,1-2H3;1H3;1H2. The van der Waals surface area contributed by atoms with E-state index < -0.39 is 0 Å². The van der Waals surface area contributed by atoms with Crippen molar-refractivity contribution in [3.63, 3.8) is 0 Å². The van der Waals surface area contributed by atoms with Gasteiger partial charge in [-0.25, -0.2) is 0 Å². The Kier molecular flexibility index (Phi) is 45.7. The third-order valence-electron chi connectivity index (χ3n) is 0.707. The molecule has 0 fully saturated rings. The summed E-state index contributed by atoms with van der Waals surface area (Å²) in [6.07, 6.45) is 4.08. The number of rotatable bonds is 2. The minimum Gasteiger partial charge on any atom is -0.412 e. The number of hydrogen-bond donors (Lipinski definition) is 0. The maximum atomic E-state index is 7.32. The molecule has 0 saturated heterocycles. The zero-order valence-corrected chi connectivity index (χ0v) is 6.57. The zero-order valence-electron chi connectivity index (χ0n) is 6.57. The van der Waals surface area contributed by atoms with Crippen LogP contribution in [0.3, 0.4) is 0 Å². The van der Waals surface area contributed by atoms with Crippen molar-refractivity contribution in [2.24, 2.45) is 0 Å². The zero-order chi connectivity index (χ0) is 6.83. The highest BCUT2D eigenvalue weighted by atomic mass is 16.0. The van der Waals surface area contributed by atoms with Crippen LogP contribution in [0.1, 0.15) is 40.0 Å². The number of hydrogen-bond acceptors (Lipinski definition) is 1. The normalized spacial score (nSPS) is 5.56. The Hall–Kier alpha value is -0.550. The van der Waals surface area contributed by atoms with Gasteiger partial charge in [0.25, 0.3) is 0 Å². The minimum atomic E-state index is 0. The van der Waals surface area contributed by atoms with Crippen LogP contribution < -0.4 is 0 Å². The topological polar surface area (TPSA) is 55.3 Å². The van der Waals surface area contributed by atoms with Gasteiger partial charge in [0.05, 0.1) is 6.07 Å². The minimum absolute atomic E-state index is 0. The van der Waals surface area contributed by atoms with Crippen LogP contribution in [0.4, 0.5) is 0 Å². The first-order valence-corrected chi connectivity index (χ1v) is 3.14. The van der Waals surface area contributed by atoms with Crippen molar-refractivity contribution in [1.29, 1.82) is 5.26 Å². The predicted octanol–water partition coefficient (Wildman–Crippen LogP) is 1.90. The highest BCUT2D eigenvalue weighted by Crippen LogP contribution is 1.88. The summed E-state index contributed by atoms with van der Waals surface area (Å²) >= 11 is 0. The fourth-order valence-electron chi connectivity index (χ4n) is 0.354. The summed E-state index contributed by atoms with van der Waals surface area (Å²) in [4.78, 5) is 0. The molecule has 0 aliphatic heterocycles. The van der Waals surface area contributed by atoms with Gasteiger partial charge in [0.15, 0.2) is 0 Å². The maximum Gasteiger partial charge on any atom is 0.0587 e. The van der Waals surface area contributed by atoms with E-state index >= 15 is 0 Å². The third kappa shape index (κ3) is 105. The lowest BCUT2D eigenvalue weighted by atomic mass is 10.3. The first-order valence-electron chi connectivity index (χ1n) is 3.14. The number of nitrogens with zero attached hydrogens (tertiary/aromatic N) is 1. The first kappa shape index (κ1) is 15.8.